The van der Waals surface area contributed by atoms with Crippen molar-refractivity contribution >= 4 is 40.7 Å². The highest BCUT2D eigenvalue weighted by Crippen LogP contribution is 2.61. The largest absolute Gasteiger partial charge is 0.497 e. The summed E-state index contributed by atoms with van der Waals surface area (Å²) in [6.45, 7) is 0. The molecule has 3 aliphatic rings. The number of methoxy groups -OCH3 is 1. The predicted octanol–water partition coefficient (Wildman–Crippen LogP) is 6.80. The zero-order chi connectivity index (χ0) is 28.5. The second kappa shape index (κ2) is 9.25. The molecule has 0 saturated carbocycles. The Morgan fingerprint density at radius 1 is 0.902 bits per heavy atom. The second-order valence-electron chi connectivity index (χ2n) is 10.5. The minimum atomic E-state index is -1.68. The van der Waals surface area contributed by atoms with E-state index >= 15 is 0 Å². The number of carbonyl (C=O) groups excluding carboxylic acids is 3. The normalized spacial score (nSPS) is 21.5. The van der Waals surface area contributed by atoms with E-state index in [1.165, 1.54) is 19.2 Å². The van der Waals surface area contributed by atoms with Crippen LogP contribution in [0.4, 0.5) is 10.1 Å². The lowest BCUT2D eigenvalue weighted by atomic mass is 9.64. The molecule has 41 heavy (non-hydrogen) atoms. The van der Waals surface area contributed by atoms with Crippen LogP contribution in [0, 0.1) is 11.2 Å². The molecule has 202 valence electrons. The first-order valence-electron chi connectivity index (χ1n) is 13.3. The van der Waals surface area contributed by atoms with Crippen LogP contribution in [0.15, 0.2) is 97.1 Å². The fourth-order valence-electron chi connectivity index (χ4n) is 6.97. The average molecular weight is 564 g/mol. The van der Waals surface area contributed by atoms with E-state index in [9.17, 15) is 18.8 Å². The van der Waals surface area contributed by atoms with Gasteiger partial charge >= 0.3 is 0 Å². The number of fused-ring (bicyclic) bond motifs is 5. The smallest absolute Gasteiger partial charge is 0.186 e. The van der Waals surface area contributed by atoms with Gasteiger partial charge in [-0.05, 0) is 42.0 Å². The summed E-state index contributed by atoms with van der Waals surface area (Å²) < 4.78 is 19.8. The number of anilines is 1. The van der Waals surface area contributed by atoms with Crippen LogP contribution in [-0.2, 0) is 0 Å². The van der Waals surface area contributed by atoms with Gasteiger partial charge in [0.05, 0.1) is 13.2 Å². The highest BCUT2D eigenvalue weighted by atomic mass is 35.5. The molecular weight excluding hydrogens is 541 g/mol. The molecule has 0 amide bonds. The molecule has 4 aromatic rings. The first kappa shape index (κ1) is 25.4. The Hall–Kier alpha value is -4.55. The fourth-order valence-corrected chi connectivity index (χ4v) is 7.22. The lowest BCUT2D eigenvalue weighted by molar-refractivity contribution is 0.0666. The molecule has 0 radical (unpaired) electrons. The summed E-state index contributed by atoms with van der Waals surface area (Å²) in [6.07, 6.45) is 3.49. The van der Waals surface area contributed by atoms with Crippen molar-refractivity contribution in [1.29, 1.82) is 0 Å². The summed E-state index contributed by atoms with van der Waals surface area (Å²) in [6, 6.07) is 23.1. The Labute approximate surface area is 240 Å². The van der Waals surface area contributed by atoms with E-state index in [4.69, 9.17) is 16.3 Å². The number of nitrogens with zero attached hydrogens (tertiary/aromatic N) is 1. The molecule has 1 saturated heterocycles. The van der Waals surface area contributed by atoms with Gasteiger partial charge in [-0.2, -0.15) is 0 Å². The van der Waals surface area contributed by atoms with E-state index in [0.29, 0.717) is 44.3 Å². The van der Waals surface area contributed by atoms with Gasteiger partial charge in [0, 0.05) is 38.9 Å². The molecule has 1 aliphatic carbocycles. The quantitative estimate of drug-likeness (QED) is 0.202. The van der Waals surface area contributed by atoms with Gasteiger partial charge < -0.3 is 9.64 Å². The van der Waals surface area contributed by atoms with Crippen LogP contribution in [-0.4, -0.2) is 36.5 Å². The molecule has 0 N–H and O–H groups in total. The van der Waals surface area contributed by atoms with E-state index in [2.05, 4.69) is 0 Å². The Morgan fingerprint density at radius 2 is 1.61 bits per heavy atom. The first-order valence-corrected chi connectivity index (χ1v) is 13.6. The maximum absolute atomic E-state index is 14.7. The highest BCUT2D eigenvalue weighted by Gasteiger charge is 2.71. The number of rotatable bonds is 4. The number of hydrogen-bond donors (Lipinski definition) is 0. The summed E-state index contributed by atoms with van der Waals surface area (Å²) in [4.78, 5) is 45.8. The zero-order valence-electron chi connectivity index (χ0n) is 21.9. The Balaban J connectivity index is 1.56. The Kier molecular flexibility index (Phi) is 5.73. The van der Waals surface area contributed by atoms with Gasteiger partial charge in [0.2, 0.25) is 0 Å². The molecule has 2 aliphatic heterocycles. The molecule has 4 aromatic carbocycles. The summed E-state index contributed by atoms with van der Waals surface area (Å²) in [7, 11) is 1.52. The summed E-state index contributed by atoms with van der Waals surface area (Å²) in [5, 5.41) is 0.347. The van der Waals surface area contributed by atoms with E-state index < -0.39 is 29.2 Å². The van der Waals surface area contributed by atoms with E-state index in [1.807, 2.05) is 4.90 Å². The number of halogens is 2. The first-order chi connectivity index (χ1) is 19.9. The minimum Gasteiger partial charge on any atom is -0.497 e. The van der Waals surface area contributed by atoms with Crippen LogP contribution in [0.5, 0.6) is 5.75 Å². The number of hydrogen-bond acceptors (Lipinski definition) is 5. The molecule has 0 unspecified atom stereocenters. The predicted molar refractivity (Wildman–Crippen MR) is 155 cm³/mol. The lowest BCUT2D eigenvalue weighted by Crippen LogP contribution is -2.48. The SMILES string of the molecule is COc1cccc(C(=O)[C@H]2[C@H](c3ccccc3Cl)C3(C(=O)c4ccccc4C3=O)[C@H]3C=Cc4cc(F)ccc4N23)c1. The van der Waals surface area contributed by atoms with Crippen molar-refractivity contribution in [3.63, 3.8) is 0 Å². The van der Waals surface area contributed by atoms with Crippen molar-refractivity contribution < 1.29 is 23.5 Å². The molecule has 0 bridgehead atoms. The Morgan fingerprint density at radius 3 is 2.32 bits per heavy atom. The number of carbonyl (C=O) groups is 3. The molecule has 1 fully saturated rings. The number of benzene rings is 4. The molecule has 1 spiro atoms. The van der Waals surface area contributed by atoms with Gasteiger partial charge in [-0.3, -0.25) is 14.4 Å². The molecule has 0 aromatic heterocycles. The van der Waals surface area contributed by atoms with Gasteiger partial charge in [0.25, 0.3) is 0 Å². The second-order valence-corrected chi connectivity index (χ2v) is 10.9. The standard InChI is InChI=1S/C34H23ClFNO4/c1-41-22-8-6-7-20(18-22)31(38)30-29(25-11-4-5-12-26(25)35)34(32(39)23-9-2-3-10-24(23)33(34)40)28-16-13-19-17-21(36)14-15-27(19)37(28)30/h2-18,28-30H,1H3/t28-,29+,30-/m1/s1. The van der Waals surface area contributed by atoms with Crippen LogP contribution in [0.1, 0.15) is 48.1 Å². The van der Waals surface area contributed by atoms with Crippen molar-refractivity contribution in [3.8, 4) is 5.75 Å². The molecule has 5 nitrogen and oxygen atoms in total. The van der Waals surface area contributed by atoms with Crippen LogP contribution in [0.3, 0.4) is 0 Å². The van der Waals surface area contributed by atoms with Crippen molar-refractivity contribution in [1.82, 2.24) is 0 Å². The van der Waals surface area contributed by atoms with Crippen LogP contribution in [0.25, 0.3) is 6.08 Å². The van der Waals surface area contributed by atoms with Gasteiger partial charge in [0.1, 0.15) is 23.0 Å². The minimum absolute atomic E-state index is 0.308. The van der Waals surface area contributed by atoms with Gasteiger partial charge in [-0.1, -0.05) is 78.4 Å². The average Bonchev–Trinajstić information content (AvgIpc) is 3.43. The summed E-state index contributed by atoms with van der Waals surface area (Å²) in [5.74, 6) is -1.90. The fraction of sp³-hybridized carbons (Fsp3) is 0.147. The third-order valence-electron chi connectivity index (χ3n) is 8.63. The zero-order valence-corrected chi connectivity index (χ0v) is 22.6. The van der Waals surface area contributed by atoms with Gasteiger partial charge in [0.15, 0.2) is 17.3 Å². The van der Waals surface area contributed by atoms with Crippen molar-refractivity contribution in [2.45, 2.75) is 18.0 Å². The molecule has 7 heteroatoms. The van der Waals surface area contributed by atoms with E-state index in [0.717, 1.165) is 0 Å². The third-order valence-corrected chi connectivity index (χ3v) is 8.97. The maximum atomic E-state index is 14.7. The monoisotopic (exact) mass is 563 g/mol. The Bertz CT molecular complexity index is 1780. The lowest BCUT2D eigenvalue weighted by Gasteiger charge is -2.37. The van der Waals surface area contributed by atoms with Crippen LogP contribution < -0.4 is 9.64 Å². The van der Waals surface area contributed by atoms with Crippen molar-refractivity contribution in [2.24, 2.45) is 5.41 Å². The summed E-state index contributed by atoms with van der Waals surface area (Å²) >= 11 is 6.81. The molecule has 7 rings (SSSR count). The molecule has 2 heterocycles. The van der Waals surface area contributed by atoms with Crippen molar-refractivity contribution in [2.75, 3.05) is 12.0 Å². The molecule has 3 atom stereocenters. The highest BCUT2D eigenvalue weighted by molar-refractivity contribution is 6.34. The van der Waals surface area contributed by atoms with Crippen LogP contribution in [0.2, 0.25) is 5.02 Å². The molecular formula is C34H23ClFNO4. The van der Waals surface area contributed by atoms with Gasteiger partial charge in [-0.15, -0.1) is 0 Å². The topological polar surface area (TPSA) is 63.7 Å². The van der Waals surface area contributed by atoms with E-state index in [-0.39, 0.29) is 17.3 Å². The number of ether oxygens (including phenoxy) is 1. The van der Waals surface area contributed by atoms with Crippen LogP contribution >= 0.6 is 11.6 Å². The van der Waals surface area contributed by atoms with E-state index in [1.54, 1.807) is 91.0 Å². The number of Topliss-reactive ketones (excluding diaryl/α,β-unsaturated/α-hetero) is 3. The third kappa shape index (κ3) is 3.44. The van der Waals surface area contributed by atoms with Crippen molar-refractivity contribution in [3.05, 3.63) is 136 Å². The van der Waals surface area contributed by atoms with Gasteiger partial charge in [-0.25, -0.2) is 4.39 Å². The maximum Gasteiger partial charge on any atom is 0.186 e. The summed E-state index contributed by atoms with van der Waals surface area (Å²) in [5.41, 5.74) is 0.952. The number of ketones is 3.